The molecule has 1 aliphatic heterocycles. The molecule has 1 saturated heterocycles. The number of benzene rings is 1. The highest BCUT2D eigenvalue weighted by Gasteiger charge is 2.40. The number of nitrogens with zero attached hydrogens (tertiary/aromatic N) is 2. The summed E-state index contributed by atoms with van der Waals surface area (Å²) in [5, 5.41) is 4.77. The van der Waals surface area contributed by atoms with Crippen molar-refractivity contribution in [3.05, 3.63) is 34.5 Å². The van der Waals surface area contributed by atoms with Crippen LogP contribution in [0.15, 0.2) is 12.1 Å². The predicted octanol–water partition coefficient (Wildman–Crippen LogP) is 3.80. The topological polar surface area (TPSA) is 51.4 Å². The van der Waals surface area contributed by atoms with Crippen molar-refractivity contribution in [1.29, 1.82) is 0 Å². The maximum absolute atomic E-state index is 12.6. The van der Waals surface area contributed by atoms with Crippen LogP contribution in [0, 0.1) is 6.92 Å². The monoisotopic (exact) mass is 382 g/mol. The first-order valence-corrected chi connectivity index (χ1v) is 10.9. The molecule has 0 spiro atoms. The van der Waals surface area contributed by atoms with Crippen molar-refractivity contribution in [3.8, 4) is 0 Å². The summed E-state index contributed by atoms with van der Waals surface area (Å²) in [6, 6.07) is 5.44. The Hall–Kier alpha value is -2.01. The average molecular weight is 383 g/mol. The number of likely N-dealkylation sites (tertiary alicyclic amines) is 1. The molecule has 2 amide bonds. The number of carbonyl (C=O) groups is 1. The smallest absolute Gasteiger partial charge is 0.317 e. The molecule has 0 bridgehead atoms. The Bertz CT molecular complexity index is 882. The van der Waals surface area contributed by atoms with Gasteiger partial charge in [0.25, 0.3) is 0 Å². The van der Waals surface area contributed by atoms with Gasteiger partial charge in [-0.1, -0.05) is 19.1 Å². The van der Waals surface area contributed by atoms with Gasteiger partial charge in [-0.2, -0.15) is 0 Å². The van der Waals surface area contributed by atoms with Crippen molar-refractivity contribution in [3.63, 3.8) is 0 Å². The summed E-state index contributed by atoms with van der Waals surface area (Å²) in [5.41, 5.74) is 7.03. The minimum atomic E-state index is 0.0716. The Morgan fingerprint density at radius 2 is 2.04 bits per heavy atom. The molecule has 1 unspecified atom stereocenters. The van der Waals surface area contributed by atoms with E-state index in [0.29, 0.717) is 12.0 Å². The number of carbonyl (C=O) groups excluding carboxylic acids is 1. The first kappa shape index (κ1) is 19.3. The molecular formula is C23H34N4O. The highest BCUT2D eigenvalue weighted by atomic mass is 16.2. The van der Waals surface area contributed by atoms with E-state index < -0.39 is 0 Å². The molecule has 5 nitrogen and oxygen atoms in total. The van der Waals surface area contributed by atoms with Crippen molar-refractivity contribution in [2.45, 2.75) is 65.0 Å². The fourth-order valence-corrected chi connectivity index (χ4v) is 5.49. The first-order valence-electron chi connectivity index (χ1n) is 10.9. The Labute approximate surface area is 168 Å². The molecule has 2 aliphatic rings. The Morgan fingerprint density at radius 1 is 1.29 bits per heavy atom. The van der Waals surface area contributed by atoms with Gasteiger partial charge in [0.1, 0.15) is 0 Å². The SMILES string of the molecule is CCc1ccc2c3c(c(C)[nH]c13)C[C@@H]1C2C[C@H](NC(=O)N(CC)CC)CN1C. The van der Waals surface area contributed by atoms with Crippen LogP contribution < -0.4 is 5.32 Å². The maximum atomic E-state index is 12.6. The van der Waals surface area contributed by atoms with Crippen LogP contribution in [0.25, 0.3) is 10.9 Å². The predicted molar refractivity (Wildman–Crippen MR) is 115 cm³/mol. The van der Waals surface area contributed by atoms with Crippen LogP contribution in [-0.4, -0.2) is 59.6 Å². The molecule has 4 rings (SSSR count). The fourth-order valence-electron chi connectivity index (χ4n) is 5.49. The van der Waals surface area contributed by atoms with Gasteiger partial charge in [-0.05, 0) is 63.8 Å². The first-order chi connectivity index (χ1) is 13.5. The number of H-pyrrole nitrogens is 1. The van der Waals surface area contributed by atoms with Gasteiger partial charge in [-0.25, -0.2) is 4.79 Å². The summed E-state index contributed by atoms with van der Waals surface area (Å²) >= 11 is 0. The lowest BCUT2D eigenvalue weighted by Crippen LogP contribution is -2.56. The van der Waals surface area contributed by atoms with E-state index in [1.54, 1.807) is 0 Å². The summed E-state index contributed by atoms with van der Waals surface area (Å²) in [6.45, 7) is 10.9. The minimum absolute atomic E-state index is 0.0716. The van der Waals surface area contributed by atoms with Gasteiger partial charge in [0, 0.05) is 54.2 Å². The third kappa shape index (κ3) is 3.00. The summed E-state index contributed by atoms with van der Waals surface area (Å²) in [4.78, 5) is 20.6. The highest BCUT2D eigenvalue weighted by molar-refractivity contribution is 5.92. The molecule has 0 saturated carbocycles. The largest absolute Gasteiger partial charge is 0.358 e. The van der Waals surface area contributed by atoms with Gasteiger partial charge < -0.3 is 20.1 Å². The van der Waals surface area contributed by atoms with Gasteiger partial charge >= 0.3 is 6.03 Å². The van der Waals surface area contributed by atoms with E-state index in [9.17, 15) is 4.79 Å². The fraction of sp³-hybridized carbons (Fsp3) is 0.609. The second-order valence-electron chi connectivity index (χ2n) is 8.52. The molecule has 152 valence electrons. The van der Waals surface area contributed by atoms with Gasteiger partial charge in [-0.3, -0.25) is 0 Å². The summed E-state index contributed by atoms with van der Waals surface area (Å²) in [6.07, 6.45) is 3.17. The van der Waals surface area contributed by atoms with E-state index in [1.165, 1.54) is 33.3 Å². The van der Waals surface area contributed by atoms with E-state index in [0.717, 1.165) is 38.9 Å². The van der Waals surface area contributed by atoms with Crippen LogP contribution in [0.5, 0.6) is 0 Å². The highest BCUT2D eigenvalue weighted by Crippen LogP contribution is 2.44. The zero-order chi connectivity index (χ0) is 20.0. The molecule has 1 aromatic carbocycles. The number of likely N-dealkylation sites (N-methyl/N-ethyl adjacent to an activating group) is 1. The molecule has 2 heterocycles. The Balaban J connectivity index is 1.67. The van der Waals surface area contributed by atoms with Crippen LogP contribution in [0.3, 0.4) is 0 Å². The van der Waals surface area contributed by atoms with E-state index in [1.807, 2.05) is 18.7 Å². The molecule has 5 heteroatoms. The number of hydrogen-bond acceptors (Lipinski definition) is 2. The minimum Gasteiger partial charge on any atom is -0.358 e. The normalized spacial score (nSPS) is 24.2. The Morgan fingerprint density at radius 3 is 2.71 bits per heavy atom. The van der Waals surface area contributed by atoms with E-state index in [-0.39, 0.29) is 12.1 Å². The van der Waals surface area contributed by atoms with Crippen LogP contribution >= 0.6 is 0 Å². The molecular weight excluding hydrogens is 348 g/mol. The molecule has 2 aromatic rings. The zero-order valence-electron chi connectivity index (χ0n) is 17.9. The molecule has 2 N–H and O–H groups in total. The number of hydrogen-bond donors (Lipinski definition) is 2. The lowest BCUT2D eigenvalue weighted by molar-refractivity contribution is 0.124. The van der Waals surface area contributed by atoms with Crippen molar-refractivity contribution < 1.29 is 4.79 Å². The van der Waals surface area contributed by atoms with Gasteiger partial charge in [0.15, 0.2) is 0 Å². The molecule has 1 fully saturated rings. The number of fused-ring (bicyclic) bond motifs is 2. The van der Waals surface area contributed by atoms with E-state index >= 15 is 0 Å². The van der Waals surface area contributed by atoms with E-state index in [2.05, 4.69) is 48.2 Å². The zero-order valence-corrected chi connectivity index (χ0v) is 17.9. The van der Waals surface area contributed by atoms with Crippen molar-refractivity contribution in [2.24, 2.45) is 0 Å². The molecule has 1 aromatic heterocycles. The lowest BCUT2D eigenvalue weighted by atomic mass is 9.73. The average Bonchev–Trinajstić information content (AvgIpc) is 3.01. The van der Waals surface area contributed by atoms with Crippen LogP contribution in [0.4, 0.5) is 4.79 Å². The van der Waals surface area contributed by atoms with Crippen LogP contribution in [0.1, 0.15) is 55.5 Å². The second kappa shape index (κ2) is 7.43. The summed E-state index contributed by atoms with van der Waals surface area (Å²) in [7, 11) is 2.22. The third-order valence-corrected chi connectivity index (χ3v) is 7.04. The molecule has 3 atom stereocenters. The summed E-state index contributed by atoms with van der Waals surface area (Å²) < 4.78 is 0. The standard InChI is InChI=1S/C23H34N4O/c1-6-15-9-10-17-19-11-16(25-23(28)27(7-2)8-3)13-26(5)20(19)12-18-14(4)24-22(15)21(17)18/h9-10,16,19-20,24H,6-8,11-13H2,1-5H3,(H,25,28)/t16-,19?,20+/m0/s1. The number of rotatable bonds is 4. The maximum Gasteiger partial charge on any atom is 0.317 e. The number of amides is 2. The third-order valence-electron chi connectivity index (χ3n) is 7.04. The van der Waals surface area contributed by atoms with Gasteiger partial charge in [-0.15, -0.1) is 0 Å². The van der Waals surface area contributed by atoms with Crippen molar-refractivity contribution in [1.82, 2.24) is 20.1 Å². The van der Waals surface area contributed by atoms with Gasteiger partial charge in [0.2, 0.25) is 0 Å². The molecule has 28 heavy (non-hydrogen) atoms. The Kier molecular flexibility index (Phi) is 5.13. The number of aryl methyl sites for hydroxylation is 2. The second-order valence-corrected chi connectivity index (χ2v) is 8.52. The molecule has 0 radical (unpaired) electrons. The van der Waals surface area contributed by atoms with Crippen molar-refractivity contribution in [2.75, 3.05) is 26.7 Å². The van der Waals surface area contributed by atoms with Crippen LogP contribution in [0.2, 0.25) is 0 Å². The number of urea groups is 1. The number of aromatic amines is 1. The van der Waals surface area contributed by atoms with Crippen molar-refractivity contribution >= 4 is 16.9 Å². The summed E-state index contributed by atoms with van der Waals surface area (Å²) in [5.74, 6) is 0.469. The quantitative estimate of drug-likeness (QED) is 0.845. The molecule has 1 aliphatic carbocycles. The number of piperidine rings is 1. The lowest BCUT2D eigenvalue weighted by Gasteiger charge is -2.46. The van der Waals surface area contributed by atoms with Crippen LogP contribution in [-0.2, 0) is 12.8 Å². The number of nitrogens with one attached hydrogen (secondary N) is 2. The van der Waals surface area contributed by atoms with Gasteiger partial charge in [0.05, 0.1) is 0 Å². The number of aromatic nitrogens is 1. The van der Waals surface area contributed by atoms with E-state index in [4.69, 9.17) is 0 Å².